The number of carbonyl (C=O) groups is 3. The molecule has 4 rings (SSSR count). The maximum atomic E-state index is 13.3. The van der Waals surface area contributed by atoms with Crippen molar-refractivity contribution in [3.05, 3.63) is 58.7 Å². The lowest BCUT2D eigenvalue weighted by Gasteiger charge is -2.27. The van der Waals surface area contributed by atoms with Crippen LogP contribution in [0, 0.1) is 17.2 Å². The number of ether oxygens (including phenoxy) is 1. The highest BCUT2D eigenvalue weighted by atomic mass is 19.3. The Kier molecular flexibility index (Phi) is 7.20. The van der Waals surface area contributed by atoms with Crippen LogP contribution in [0.25, 0.3) is 0 Å². The maximum Gasteiger partial charge on any atom is 0.303 e. The highest BCUT2D eigenvalue weighted by Crippen LogP contribution is 2.61. The van der Waals surface area contributed by atoms with E-state index in [2.05, 4.69) is 10.6 Å². The topological polar surface area (TPSA) is 129 Å². The first-order valence-electron chi connectivity index (χ1n) is 11.6. The SMILES string of the molecule is N#Cc1ccc(CCCC(=O)O)c(NC(=O)[C@@H]2C[C@]23CCOc2ccc(C(=O)NCC(F)F)cc23)c1. The van der Waals surface area contributed by atoms with Crippen LogP contribution in [0.3, 0.4) is 0 Å². The molecule has 1 fully saturated rings. The number of nitrogens with zero attached hydrogens (tertiary/aromatic N) is 1. The van der Waals surface area contributed by atoms with Gasteiger partial charge < -0.3 is 20.5 Å². The van der Waals surface area contributed by atoms with Crippen LogP contribution in [0.1, 0.15) is 52.7 Å². The molecule has 0 bridgehead atoms. The number of nitrogens with one attached hydrogen (secondary N) is 2. The number of aliphatic carboxylic acids is 1. The van der Waals surface area contributed by atoms with Gasteiger partial charge in [-0.2, -0.15) is 5.26 Å². The fourth-order valence-electron chi connectivity index (χ4n) is 4.79. The summed E-state index contributed by atoms with van der Waals surface area (Å²) in [5.41, 5.74) is 1.96. The number of benzene rings is 2. The number of hydrogen-bond acceptors (Lipinski definition) is 5. The molecule has 10 heteroatoms. The third kappa shape index (κ3) is 5.30. The number of carboxylic acids is 1. The van der Waals surface area contributed by atoms with Crippen molar-refractivity contribution in [3.63, 3.8) is 0 Å². The van der Waals surface area contributed by atoms with E-state index in [1.807, 2.05) is 6.07 Å². The van der Waals surface area contributed by atoms with E-state index in [0.29, 0.717) is 54.9 Å². The van der Waals surface area contributed by atoms with Crippen LogP contribution in [0.4, 0.5) is 14.5 Å². The number of carbonyl (C=O) groups excluding carboxylic acids is 2. The molecule has 1 aliphatic carbocycles. The molecule has 2 aromatic carbocycles. The molecule has 2 atom stereocenters. The van der Waals surface area contributed by atoms with E-state index in [9.17, 15) is 28.4 Å². The number of amides is 2. The summed E-state index contributed by atoms with van der Waals surface area (Å²) in [6.07, 6.45) is -0.766. The molecule has 0 unspecified atom stereocenters. The molecule has 3 N–H and O–H groups in total. The number of hydrogen-bond donors (Lipinski definition) is 3. The van der Waals surface area contributed by atoms with Crippen LogP contribution in [-0.4, -0.2) is 42.5 Å². The van der Waals surface area contributed by atoms with Gasteiger partial charge in [-0.3, -0.25) is 14.4 Å². The molecule has 0 radical (unpaired) electrons. The second-order valence-electron chi connectivity index (χ2n) is 9.04. The zero-order chi connectivity index (χ0) is 25.9. The summed E-state index contributed by atoms with van der Waals surface area (Å²) >= 11 is 0. The van der Waals surface area contributed by atoms with Gasteiger partial charge in [0.15, 0.2) is 0 Å². The molecule has 1 spiro atoms. The van der Waals surface area contributed by atoms with Crippen LogP contribution in [0.5, 0.6) is 5.75 Å². The summed E-state index contributed by atoms with van der Waals surface area (Å²) in [6, 6.07) is 11.7. The molecule has 1 heterocycles. The minimum Gasteiger partial charge on any atom is -0.493 e. The molecule has 0 aromatic heterocycles. The number of carboxylic acid groups (broad SMARTS) is 1. The Hall–Kier alpha value is -4.00. The first-order chi connectivity index (χ1) is 17.2. The molecule has 36 heavy (non-hydrogen) atoms. The highest BCUT2D eigenvalue weighted by molar-refractivity contribution is 5.98. The largest absolute Gasteiger partial charge is 0.493 e. The Morgan fingerprint density at radius 1 is 1.22 bits per heavy atom. The lowest BCUT2D eigenvalue weighted by molar-refractivity contribution is -0.137. The van der Waals surface area contributed by atoms with E-state index in [1.54, 1.807) is 30.3 Å². The molecule has 1 saturated carbocycles. The van der Waals surface area contributed by atoms with Gasteiger partial charge in [-0.05, 0) is 61.6 Å². The maximum absolute atomic E-state index is 13.3. The summed E-state index contributed by atoms with van der Waals surface area (Å²) in [6.45, 7) is -0.350. The van der Waals surface area contributed by atoms with Crippen molar-refractivity contribution in [3.8, 4) is 11.8 Å². The average molecular weight is 497 g/mol. The van der Waals surface area contributed by atoms with Crippen molar-refractivity contribution in [2.75, 3.05) is 18.5 Å². The third-order valence-corrected chi connectivity index (χ3v) is 6.73. The first kappa shape index (κ1) is 25.1. The standard InChI is InChI=1S/C26H25F2N3O5/c27-22(28)14-30-24(34)17-6-7-21-18(11-17)26(8-9-36-21)12-19(26)25(35)31-20-10-15(13-29)4-5-16(20)2-1-3-23(32)33/h4-7,10-11,19,22H,1-3,8-9,12,14H2,(H,30,34)(H,31,35)(H,32,33)/t19-,26-/m0/s1. The van der Waals surface area contributed by atoms with Gasteiger partial charge in [0.1, 0.15) is 5.75 Å². The minimum absolute atomic E-state index is 0.0108. The molecular weight excluding hydrogens is 472 g/mol. The summed E-state index contributed by atoms with van der Waals surface area (Å²) in [7, 11) is 0. The number of halogens is 2. The zero-order valence-electron chi connectivity index (χ0n) is 19.4. The van der Waals surface area contributed by atoms with E-state index < -0.39 is 36.2 Å². The second-order valence-corrected chi connectivity index (χ2v) is 9.04. The number of fused-ring (bicyclic) bond motifs is 2. The highest BCUT2D eigenvalue weighted by Gasteiger charge is 2.61. The van der Waals surface area contributed by atoms with Crippen LogP contribution in [0.2, 0.25) is 0 Å². The van der Waals surface area contributed by atoms with Crippen molar-refractivity contribution < 1.29 is 33.0 Å². The molecule has 2 aromatic rings. The van der Waals surface area contributed by atoms with E-state index in [1.165, 1.54) is 6.07 Å². The number of anilines is 1. The Morgan fingerprint density at radius 3 is 2.75 bits per heavy atom. The smallest absolute Gasteiger partial charge is 0.303 e. The summed E-state index contributed by atoms with van der Waals surface area (Å²) < 4.78 is 30.7. The van der Waals surface area contributed by atoms with Crippen LogP contribution in [0.15, 0.2) is 36.4 Å². The van der Waals surface area contributed by atoms with Crippen molar-refractivity contribution in [1.29, 1.82) is 5.26 Å². The summed E-state index contributed by atoms with van der Waals surface area (Å²) in [5.74, 6) is -1.63. The fourth-order valence-corrected chi connectivity index (χ4v) is 4.79. The molecule has 2 aliphatic rings. The van der Waals surface area contributed by atoms with E-state index in [-0.39, 0.29) is 17.9 Å². The first-order valence-corrected chi connectivity index (χ1v) is 11.6. The fraction of sp³-hybridized carbons (Fsp3) is 0.385. The number of aryl methyl sites for hydroxylation is 1. The number of rotatable bonds is 9. The van der Waals surface area contributed by atoms with Crippen LogP contribution < -0.4 is 15.4 Å². The Bertz CT molecular complexity index is 1240. The van der Waals surface area contributed by atoms with Gasteiger partial charge in [-0.25, -0.2) is 8.78 Å². The molecule has 2 amide bonds. The van der Waals surface area contributed by atoms with E-state index >= 15 is 0 Å². The predicted molar refractivity (Wildman–Crippen MR) is 125 cm³/mol. The van der Waals surface area contributed by atoms with Crippen molar-refractivity contribution in [2.24, 2.45) is 5.92 Å². The van der Waals surface area contributed by atoms with Gasteiger partial charge >= 0.3 is 5.97 Å². The Balaban J connectivity index is 1.53. The lowest BCUT2D eigenvalue weighted by atomic mass is 9.86. The van der Waals surface area contributed by atoms with Gasteiger partial charge in [0.25, 0.3) is 12.3 Å². The Morgan fingerprint density at radius 2 is 2.03 bits per heavy atom. The van der Waals surface area contributed by atoms with Crippen molar-refractivity contribution in [2.45, 2.75) is 43.9 Å². The van der Waals surface area contributed by atoms with Gasteiger partial charge in [0, 0.05) is 34.6 Å². The van der Waals surface area contributed by atoms with Gasteiger partial charge in [-0.15, -0.1) is 0 Å². The molecule has 8 nitrogen and oxygen atoms in total. The monoisotopic (exact) mass is 497 g/mol. The van der Waals surface area contributed by atoms with Gasteiger partial charge in [0.05, 0.1) is 24.8 Å². The van der Waals surface area contributed by atoms with E-state index in [0.717, 1.165) is 5.56 Å². The average Bonchev–Trinajstić information content (AvgIpc) is 3.57. The Labute approximate surface area is 206 Å². The van der Waals surface area contributed by atoms with E-state index in [4.69, 9.17) is 9.84 Å². The third-order valence-electron chi connectivity index (χ3n) is 6.73. The molecular formula is C26H25F2N3O5. The normalized spacial score (nSPS) is 19.7. The zero-order valence-corrected chi connectivity index (χ0v) is 19.4. The lowest BCUT2D eigenvalue weighted by Crippen LogP contribution is -2.30. The molecule has 1 aliphatic heterocycles. The number of alkyl halides is 2. The van der Waals surface area contributed by atoms with Crippen molar-refractivity contribution in [1.82, 2.24) is 5.32 Å². The van der Waals surface area contributed by atoms with Gasteiger partial charge in [-0.1, -0.05) is 6.07 Å². The van der Waals surface area contributed by atoms with Gasteiger partial charge in [0.2, 0.25) is 5.91 Å². The van der Waals surface area contributed by atoms with Crippen molar-refractivity contribution >= 4 is 23.5 Å². The number of nitriles is 1. The molecule has 188 valence electrons. The summed E-state index contributed by atoms with van der Waals surface area (Å²) in [4.78, 5) is 36.5. The molecule has 0 saturated heterocycles. The minimum atomic E-state index is -2.66. The van der Waals surface area contributed by atoms with Crippen LogP contribution >= 0.6 is 0 Å². The quantitative estimate of drug-likeness (QED) is 0.485. The predicted octanol–water partition coefficient (Wildman–Crippen LogP) is 3.64. The summed E-state index contributed by atoms with van der Waals surface area (Å²) in [5, 5.41) is 23.3. The van der Waals surface area contributed by atoms with Crippen LogP contribution in [-0.2, 0) is 21.4 Å². The second kappa shape index (κ2) is 10.3.